The van der Waals surface area contributed by atoms with E-state index in [0.29, 0.717) is 5.41 Å². The first-order valence-electron chi connectivity index (χ1n) is 4.52. The van der Waals surface area contributed by atoms with Gasteiger partial charge in [0, 0.05) is 18.9 Å². The van der Waals surface area contributed by atoms with Crippen LogP contribution < -0.4 is 5.73 Å². The van der Waals surface area contributed by atoms with E-state index in [0.717, 1.165) is 19.5 Å². The number of hydrogen-bond donors (Lipinski definition) is 1. The van der Waals surface area contributed by atoms with Crippen molar-refractivity contribution in [2.75, 3.05) is 6.54 Å². The van der Waals surface area contributed by atoms with Gasteiger partial charge in [-0.1, -0.05) is 0 Å². The highest BCUT2D eigenvalue weighted by Gasteiger charge is 2.41. The SMILES string of the molecule is NCCC1(Cn2cccn2)CC1. The van der Waals surface area contributed by atoms with Crippen LogP contribution in [0, 0.1) is 5.41 Å². The molecule has 0 bridgehead atoms. The molecule has 0 saturated heterocycles. The van der Waals surface area contributed by atoms with Crippen LogP contribution in [0.15, 0.2) is 18.5 Å². The molecule has 3 nitrogen and oxygen atoms in total. The first kappa shape index (κ1) is 7.80. The van der Waals surface area contributed by atoms with Crippen LogP contribution in [0.3, 0.4) is 0 Å². The van der Waals surface area contributed by atoms with Crippen LogP contribution in [0.4, 0.5) is 0 Å². The summed E-state index contributed by atoms with van der Waals surface area (Å²) in [5.74, 6) is 0. The Kier molecular flexibility index (Phi) is 1.89. The van der Waals surface area contributed by atoms with Crippen LogP contribution in [0.25, 0.3) is 0 Å². The van der Waals surface area contributed by atoms with Gasteiger partial charge in [0.15, 0.2) is 0 Å². The van der Waals surface area contributed by atoms with E-state index in [4.69, 9.17) is 5.73 Å². The van der Waals surface area contributed by atoms with E-state index >= 15 is 0 Å². The molecule has 1 saturated carbocycles. The first-order valence-corrected chi connectivity index (χ1v) is 4.52. The van der Waals surface area contributed by atoms with Crippen molar-refractivity contribution in [2.24, 2.45) is 11.1 Å². The van der Waals surface area contributed by atoms with Crippen molar-refractivity contribution < 1.29 is 0 Å². The van der Waals surface area contributed by atoms with Gasteiger partial charge in [-0.05, 0) is 37.3 Å². The predicted molar refractivity (Wildman–Crippen MR) is 47.6 cm³/mol. The zero-order valence-corrected chi connectivity index (χ0v) is 7.24. The number of nitrogens with two attached hydrogens (primary N) is 1. The minimum Gasteiger partial charge on any atom is -0.330 e. The molecule has 0 spiro atoms. The Balaban J connectivity index is 1.94. The Hall–Kier alpha value is -0.830. The largest absolute Gasteiger partial charge is 0.330 e. The molecule has 0 unspecified atom stereocenters. The highest BCUT2D eigenvalue weighted by atomic mass is 15.3. The average Bonchev–Trinajstić information content (AvgIpc) is 2.63. The maximum Gasteiger partial charge on any atom is 0.0489 e. The normalized spacial score (nSPS) is 19.4. The molecule has 1 heterocycles. The van der Waals surface area contributed by atoms with Gasteiger partial charge < -0.3 is 5.73 Å². The summed E-state index contributed by atoms with van der Waals surface area (Å²) in [4.78, 5) is 0. The van der Waals surface area contributed by atoms with Crippen molar-refractivity contribution in [1.82, 2.24) is 9.78 Å². The van der Waals surface area contributed by atoms with E-state index in [9.17, 15) is 0 Å². The van der Waals surface area contributed by atoms with Crippen molar-refractivity contribution in [3.8, 4) is 0 Å². The van der Waals surface area contributed by atoms with E-state index in [1.54, 1.807) is 0 Å². The third-order valence-electron chi connectivity index (χ3n) is 2.69. The Morgan fingerprint density at radius 1 is 1.50 bits per heavy atom. The van der Waals surface area contributed by atoms with E-state index in [1.807, 2.05) is 23.1 Å². The molecular formula is C9H15N3. The fourth-order valence-electron chi connectivity index (χ4n) is 1.71. The lowest BCUT2D eigenvalue weighted by Crippen LogP contribution is -2.16. The molecule has 66 valence electrons. The van der Waals surface area contributed by atoms with E-state index in [1.165, 1.54) is 12.8 Å². The maximum atomic E-state index is 5.55. The molecule has 0 aromatic carbocycles. The standard InChI is InChI=1S/C9H15N3/c10-5-4-9(2-3-9)8-12-7-1-6-11-12/h1,6-7H,2-5,8,10H2. The molecule has 0 radical (unpaired) electrons. The number of nitrogens with zero attached hydrogens (tertiary/aromatic N) is 2. The zero-order valence-electron chi connectivity index (χ0n) is 7.24. The molecular weight excluding hydrogens is 150 g/mol. The van der Waals surface area contributed by atoms with Crippen LogP contribution in [-0.2, 0) is 6.54 Å². The minimum atomic E-state index is 0.501. The van der Waals surface area contributed by atoms with Gasteiger partial charge >= 0.3 is 0 Å². The second-order valence-corrected chi connectivity index (χ2v) is 3.74. The van der Waals surface area contributed by atoms with Crippen molar-refractivity contribution in [3.63, 3.8) is 0 Å². The Bertz CT molecular complexity index is 236. The van der Waals surface area contributed by atoms with Gasteiger partial charge in [-0.25, -0.2) is 0 Å². The van der Waals surface area contributed by atoms with Crippen LogP contribution in [0.5, 0.6) is 0 Å². The summed E-state index contributed by atoms with van der Waals surface area (Å²) in [6, 6.07) is 1.97. The lowest BCUT2D eigenvalue weighted by Gasteiger charge is -2.13. The second kappa shape index (κ2) is 2.90. The van der Waals surface area contributed by atoms with E-state index in [-0.39, 0.29) is 0 Å². The third kappa shape index (κ3) is 1.50. The Labute approximate surface area is 72.6 Å². The molecule has 1 aromatic rings. The van der Waals surface area contributed by atoms with Crippen LogP contribution in [0.2, 0.25) is 0 Å². The predicted octanol–water partition coefficient (Wildman–Crippen LogP) is 1.01. The van der Waals surface area contributed by atoms with Gasteiger partial charge in [-0.2, -0.15) is 5.10 Å². The van der Waals surface area contributed by atoms with Crippen LogP contribution >= 0.6 is 0 Å². The van der Waals surface area contributed by atoms with Crippen LogP contribution in [-0.4, -0.2) is 16.3 Å². The fourth-order valence-corrected chi connectivity index (χ4v) is 1.71. The number of rotatable bonds is 4. The highest BCUT2D eigenvalue weighted by Crippen LogP contribution is 2.49. The van der Waals surface area contributed by atoms with Crippen molar-refractivity contribution in [2.45, 2.75) is 25.8 Å². The lowest BCUT2D eigenvalue weighted by atomic mass is 10.0. The second-order valence-electron chi connectivity index (χ2n) is 3.74. The Morgan fingerprint density at radius 3 is 2.83 bits per heavy atom. The monoisotopic (exact) mass is 165 g/mol. The minimum absolute atomic E-state index is 0.501. The summed E-state index contributed by atoms with van der Waals surface area (Å²) in [5, 5.41) is 4.20. The molecule has 1 fully saturated rings. The number of aromatic nitrogens is 2. The third-order valence-corrected chi connectivity index (χ3v) is 2.69. The summed E-state index contributed by atoms with van der Waals surface area (Å²) in [6.07, 6.45) is 7.65. The molecule has 2 rings (SSSR count). The van der Waals surface area contributed by atoms with Gasteiger partial charge in [-0.3, -0.25) is 4.68 Å². The first-order chi connectivity index (χ1) is 5.85. The average molecular weight is 165 g/mol. The van der Waals surface area contributed by atoms with Crippen molar-refractivity contribution >= 4 is 0 Å². The lowest BCUT2D eigenvalue weighted by molar-refractivity contribution is 0.376. The van der Waals surface area contributed by atoms with Gasteiger partial charge in [0.1, 0.15) is 0 Å². The van der Waals surface area contributed by atoms with E-state index < -0.39 is 0 Å². The maximum absolute atomic E-state index is 5.55. The van der Waals surface area contributed by atoms with Gasteiger partial charge in [0.25, 0.3) is 0 Å². The smallest absolute Gasteiger partial charge is 0.0489 e. The van der Waals surface area contributed by atoms with Gasteiger partial charge in [0.05, 0.1) is 0 Å². The molecule has 12 heavy (non-hydrogen) atoms. The van der Waals surface area contributed by atoms with E-state index in [2.05, 4.69) is 5.10 Å². The summed E-state index contributed by atoms with van der Waals surface area (Å²) in [7, 11) is 0. The topological polar surface area (TPSA) is 43.8 Å². The number of hydrogen-bond acceptors (Lipinski definition) is 2. The van der Waals surface area contributed by atoms with Crippen molar-refractivity contribution in [3.05, 3.63) is 18.5 Å². The molecule has 0 amide bonds. The summed E-state index contributed by atoms with van der Waals surface area (Å²) in [5.41, 5.74) is 6.05. The highest BCUT2D eigenvalue weighted by molar-refractivity contribution is 4.94. The van der Waals surface area contributed by atoms with Crippen LogP contribution in [0.1, 0.15) is 19.3 Å². The molecule has 0 atom stereocenters. The summed E-state index contributed by atoms with van der Waals surface area (Å²) < 4.78 is 2.02. The van der Waals surface area contributed by atoms with Crippen molar-refractivity contribution in [1.29, 1.82) is 0 Å². The summed E-state index contributed by atoms with van der Waals surface area (Å²) >= 11 is 0. The molecule has 2 N–H and O–H groups in total. The molecule has 3 heteroatoms. The Morgan fingerprint density at radius 2 is 2.33 bits per heavy atom. The van der Waals surface area contributed by atoms with Gasteiger partial charge in [0.2, 0.25) is 0 Å². The quantitative estimate of drug-likeness (QED) is 0.723. The van der Waals surface area contributed by atoms with Gasteiger partial charge in [-0.15, -0.1) is 0 Å². The fraction of sp³-hybridized carbons (Fsp3) is 0.667. The molecule has 1 aromatic heterocycles. The molecule has 1 aliphatic rings. The molecule has 0 aliphatic heterocycles. The zero-order chi connectivity index (χ0) is 8.44. The molecule has 1 aliphatic carbocycles. The summed E-state index contributed by atoms with van der Waals surface area (Å²) in [6.45, 7) is 1.86.